The monoisotopic (exact) mass is 195 g/mol. The van der Waals surface area contributed by atoms with E-state index < -0.39 is 10.0 Å². The summed E-state index contributed by atoms with van der Waals surface area (Å²) in [6, 6.07) is 0. The van der Waals surface area contributed by atoms with E-state index in [0.29, 0.717) is 6.42 Å². The van der Waals surface area contributed by atoms with E-state index in [1.807, 2.05) is 6.92 Å². The highest BCUT2D eigenvalue weighted by Gasteiger charge is 2.17. The van der Waals surface area contributed by atoms with E-state index in [4.69, 9.17) is 0 Å². The van der Waals surface area contributed by atoms with Gasteiger partial charge in [-0.05, 0) is 6.42 Å². The maximum atomic E-state index is 11.4. The summed E-state index contributed by atoms with van der Waals surface area (Å²) >= 11 is 0. The zero-order valence-corrected chi connectivity index (χ0v) is 8.61. The third kappa shape index (κ3) is 3.48. The Morgan fingerprint density at radius 1 is 1.25 bits per heavy atom. The molecule has 5 nitrogen and oxygen atoms in total. The van der Waals surface area contributed by atoms with Gasteiger partial charge in [-0.25, -0.2) is 19.3 Å². The molecule has 0 saturated carbocycles. The zero-order chi connectivity index (χ0) is 9.61. The van der Waals surface area contributed by atoms with Crippen molar-refractivity contribution in [2.24, 2.45) is 0 Å². The Morgan fingerprint density at radius 2 is 1.75 bits per heavy atom. The lowest BCUT2D eigenvalue weighted by molar-refractivity contribution is 0.279. The van der Waals surface area contributed by atoms with Crippen LogP contribution in [0.4, 0.5) is 0 Å². The first-order valence-electron chi connectivity index (χ1n) is 3.96. The van der Waals surface area contributed by atoms with Crippen molar-refractivity contribution >= 4 is 10.0 Å². The van der Waals surface area contributed by atoms with E-state index in [1.54, 1.807) is 14.1 Å². The van der Waals surface area contributed by atoms with Crippen molar-refractivity contribution in [2.75, 3.05) is 19.8 Å². The number of hydrogen-bond acceptors (Lipinski definition) is 4. The standard InChI is InChI=1S/C6H17N3O2S/c1-4-5-6-12(10,11)9(7-2)8-3/h7-8H,4-6H2,1-3H3. The normalized spacial score (nSPS) is 12.3. The highest BCUT2D eigenvalue weighted by molar-refractivity contribution is 7.88. The Labute approximate surface area is 74.1 Å². The Balaban J connectivity index is 4.17. The van der Waals surface area contributed by atoms with Crippen LogP contribution in [0.3, 0.4) is 0 Å². The molecule has 0 spiro atoms. The van der Waals surface area contributed by atoms with Crippen molar-refractivity contribution in [3.8, 4) is 0 Å². The lowest BCUT2D eigenvalue weighted by Crippen LogP contribution is -2.49. The molecule has 0 unspecified atom stereocenters. The third-order valence-corrected chi connectivity index (χ3v) is 3.17. The van der Waals surface area contributed by atoms with Crippen molar-refractivity contribution in [1.29, 1.82) is 0 Å². The van der Waals surface area contributed by atoms with Crippen LogP contribution in [0.2, 0.25) is 0 Å². The molecule has 0 bridgehead atoms. The summed E-state index contributed by atoms with van der Waals surface area (Å²) in [6.45, 7) is 1.96. The number of nitrogens with one attached hydrogen (secondary N) is 2. The van der Waals surface area contributed by atoms with E-state index in [2.05, 4.69) is 10.9 Å². The van der Waals surface area contributed by atoms with E-state index in [0.717, 1.165) is 10.9 Å². The molecule has 0 aliphatic heterocycles. The van der Waals surface area contributed by atoms with Gasteiger partial charge in [0.05, 0.1) is 5.75 Å². The topological polar surface area (TPSA) is 61.4 Å². The molecule has 6 heteroatoms. The molecule has 0 aliphatic carbocycles. The van der Waals surface area contributed by atoms with Gasteiger partial charge in [-0.1, -0.05) is 17.9 Å². The molecule has 0 rings (SSSR count). The first-order valence-corrected chi connectivity index (χ1v) is 5.57. The third-order valence-electron chi connectivity index (χ3n) is 1.44. The largest absolute Gasteiger partial charge is 0.240 e. The van der Waals surface area contributed by atoms with Gasteiger partial charge in [-0.15, -0.1) is 0 Å². The number of rotatable bonds is 6. The highest BCUT2D eigenvalue weighted by Crippen LogP contribution is 1.98. The van der Waals surface area contributed by atoms with Gasteiger partial charge in [0.25, 0.3) is 0 Å². The molecule has 74 valence electrons. The average molecular weight is 195 g/mol. The molecule has 0 atom stereocenters. The molecule has 0 radical (unpaired) electrons. The van der Waals surface area contributed by atoms with Crippen molar-refractivity contribution in [3.63, 3.8) is 0 Å². The van der Waals surface area contributed by atoms with E-state index in [1.165, 1.54) is 0 Å². The van der Waals surface area contributed by atoms with Gasteiger partial charge in [0, 0.05) is 14.1 Å². The van der Waals surface area contributed by atoms with Crippen molar-refractivity contribution in [2.45, 2.75) is 19.8 Å². The number of sulfonamides is 1. The summed E-state index contributed by atoms with van der Waals surface area (Å²) in [5.41, 5.74) is 5.07. The van der Waals surface area contributed by atoms with Crippen LogP contribution < -0.4 is 10.9 Å². The second-order valence-electron chi connectivity index (χ2n) is 2.38. The molecular formula is C6H17N3O2S. The van der Waals surface area contributed by atoms with E-state index in [9.17, 15) is 8.42 Å². The molecule has 0 saturated heterocycles. The summed E-state index contributed by atoms with van der Waals surface area (Å²) in [7, 11) is -0.0624. The molecule has 2 N–H and O–H groups in total. The minimum atomic E-state index is -3.17. The Kier molecular flexibility index (Phi) is 5.39. The minimum absolute atomic E-state index is 0.172. The number of nitrogens with zero attached hydrogens (tertiary/aromatic N) is 1. The maximum absolute atomic E-state index is 11.4. The van der Waals surface area contributed by atoms with Crippen molar-refractivity contribution < 1.29 is 8.42 Å². The Hall–Kier alpha value is -0.170. The van der Waals surface area contributed by atoms with E-state index >= 15 is 0 Å². The van der Waals surface area contributed by atoms with Crippen molar-refractivity contribution in [3.05, 3.63) is 0 Å². The van der Waals surface area contributed by atoms with Crippen LogP contribution in [0.15, 0.2) is 0 Å². The van der Waals surface area contributed by atoms with Gasteiger partial charge in [-0.3, -0.25) is 0 Å². The lowest BCUT2D eigenvalue weighted by atomic mass is 10.4. The van der Waals surface area contributed by atoms with Gasteiger partial charge in [-0.2, -0.15) is 0 Å². The molecule has 0 aliphatic rings. The van der Waals surface area contributed by atoms with Crippen LogP contribution in [-0.2, 0) is 10.0 Å². The van der Waals surface area contributed by atoms with Gasteiger partial charge in [0.2, 0.25) is 10.0 Å². The van der Waals surface area contributed by atoms with Crippen LogP contribution in [0.25, 0.3) is 0 Å². The fourth-order valence-corrected chi connectivity index (χ4v) is 2.20. The Morgan fingerprint density at radius 3 is 2.08 bits per heavy atom. The van der Waals surface area contributed by atoms with Crippen LogP contribution in [0.1, 0.15) is 19.8 Å². The summed E-state index contributed by atoms with van der Waals surface area (Å²) in [4.78, 5) is 0. The van der Waals surface area contributed by atoms with E-state index in [-0.39, 0.29) is 5.75 Å². The molecule has 0 aromatic carbocycles. The maximum Gasteiger partial charge on any atom is 0.240 e. The summed E-state index contributed by atoms with van der Waals surface area (Å²) < 4.78 is 23.7. The molecule has 0 fully saturated rings. The summed E-state index contributed by atoms with van der Waals surface area (Å²) in [5, 5.41) is 0. The first-order chi connectivity index (χ1) is 5.58. The van der Waals surface area contributed by atoms with Crippen LogP contribution in [0.5, 0.6) is 0 Å². The Bertz CT molecular complexity index is 199. The molecule has 0 aromatic rings. The predicted octanol–water partition coefficient (Wildman–Crippen LogP) is -0.313. The summed E-state index contributed by atoms with van der Waals surface area (Å²) in [6.07, 6.45) is 1.56. The van der Waals surface area contributed by atoms with Gasteiger partial charge in [0.1, 0.15) is 0 Å². The van der Waals surface area contributed by atoms with Crippen molar-refractivity contribution in [1.82, 2.24) is 15.4 Å². The van der Waals surface area contributed by atoms with Crippen LogP contribution in [-0.4, -0.2) is 32.8 Å². The summed E-state index contributed by atoms with van der Waals surface area (Å²) in [5.74, 6) is 0.172. The fourth-order valence-electron chi connectivity index (χ4n) is 0.808. The highest BCUT2D eigenvalue weighted by atomic mass is 32.2. The fraction of sp³-hybridized carbons (Fsp3) is 1.00. The smallest absolute Gasteiger partial charge is 0.230 e. The second-order valence-corrected chi connectivity index (χ2v) is 4.32. The molecule has 0 aromatic heterocycles. The van der Waals surface area contributed by atoms with Gasteiger partial charge >= 0.3 is 0 Å². The van der Waals surface area contributed by atoms with Gasteiger partial charge in [0.15, 0.2) is 0 Å². The number of hydrazine groups is 2. The number of hydrogen-bond donors (Lipinski definition) is 2. The first kappa shape index (κ1) is 11.8. The minimum Gasteiger partial charge on any atom is -0.230 e. The predicted molar refractivity (Wildman–Crippen MR) is 48.7 cm³/mol. The second kappa shape index (κ2) is 5.47. The SMILES string of the molecule is CCCCS(=O)(=O)N(NC)NC. The van der Waals surface area contributed by atoms with Crippen LogP contribution >= 0.6 is 0 Å². The van der Waals surface area contributed by atoms with Gasteiger partial charge < -0.3 is 0 Å². The molecule has 0 amide bonds. The quantitative estimate of drug-likeness (QED) is 0.571. The number of unbranched alkanes of at least 4 members (excludes halogenated alkanes) is 1. The average Bonchev–Trinajstić information content (AvgIpc) is 2.03. The van der Waals surface area contributed by atoms with Crippen LogP contribution in [0, 0.1) is 0 Å². The molecular weight excluding hydrogens is 178 g/mol. The molecule has 12 heavy (non-hydrogen) atoms. The lowest BCUT2D eigenvalue weighted by Gasteiger charge is -2.18. The molecule has 0 heterocycles. The zero-order valence-electron chi connectivity index (χ0n) is 7.79.